The van der Waals surface area contributed by atoms with Gasteiger partial charge in [-0.25, -0.2) is 4.79 Å². The van der Waals surface area contributed by atoms with Crippen molar-refractivity contribution in [1.82, 2.24) is 10.2 Å². The minimum Gasteiger partial charge on any atom is -0.481 e. The molecule has 1 aromatic carbocycles. The van der Waals surface area contributed by atoms with Crippen molar-refractivity contribution in [2.45, 2.75) is 51.5 Å². The Morgan fingerprint density at radius 1 is 1.24 bits per heavy atom. The van der Waals surface area contributed by atoms with E-state index in [-0.39, 0.29) is 36.7 Å². The highest BCUT2D eigenvalue weighted by atomic mass is 16.6. The number of amides is 3. The number of esters is 1. The van der Waals surface area contributed by atoms with Gasteiger partial charge >= 0.3 is 5.97 Å². The molecule has 2 aliphatic rings. The molecule has 0 radical (unpaired) electrons. The average molecular weight is 404 g/mol. The number of methoxy groups -OCH3 is 1. The number of nitrogens with zero attached hydrogens (tertiary/aromatic N) is 1. The lowest BCUT2D eigenvalue weighted by Gasteiger charge is -2.33. The Balaban J connectivity index is 1.84. The highest BCUT2D eigenvalue weighted by Gasteiger charge is 2.46. The van der Waals surface area contributed by atoms with Gasteiger partial charge in [-0.3, -0.25) is 24.6 Å². The van der Waals surface area contributed by atoms with Crippen molar-refractivity contribution in [3.8, 4) is 5.75 Å². The number of imide groups is 1. The fraction of sp³-hybridized carbons (Fsp3) is 0.500. The van der Waals surface area contributed by atoms with Crippen molar-refractivity contribution < 1.29 is 33.4 Å². The Hall–Kier alpha value is -2.94. The van der Waals surface area contributed by atoms with E-state index in [2.05, 4.69) is 5.32 Å². The first-order valence-corrected chi connectivity index (χ1v) is 9.29. The number of carbonyl (C=O) groups excluding carboxylic acids is 4. The second-order valence-corrected chi connectivity index (χ2v) is 7.86. The van der Waals surface area contributed by atoms with Crippen LogP contribution in [0.15, 0.2) is 18.2 Å². The van der Waals surface area contributed by atoms with E-state index in [4.69, 9.17) is 14.2 Å². The van der Waals surface area contributed by atoms with E-state index in [0.717, 1.165) is 0 Å². The number of benzene rings is 1. The molecule has 0 bridgehead atoms. The van der Waals surface area contributed by atoms with Crippen LogP contribution in [0.5, 0.6) is 5.75 Å². The van der Waals surface area contributed by atoms with Crippen molar-refractivity contribution in [3.05, 3.63) is 29.3 Å². The van der Waals surface area contributed by atoms with Crippen LogP contribution in [0.2, 0.25) is 0 Å². The number of carbonyl (C=O) groups is 4. The zero-order valence-corrected chi connectivity index (χ0v) is 16.8. The highest BCUT2D eigenvalue weighted by molar-refractivity contribution is 6.07. The number of hydrogen-bond donors (Lipinski definition) is 1. The summed E-state index contributed by atoms with van der Waals surface area (Å²) in [6, 6.07) is 4.11. The van der Waals surface area contributed by atoms with Gasteiger partial charge in [-0.1, -0.05) is 12.1 Å². The lowest BCUT2D eigenvalue weighted by molar-refractivity contribution is -0.157. The molecule has 2 unspecified atom stereocenters. The summed E-state index contributed by atoms with van der Waals surface area (Å²) in [6.45, 7) is 4.87. The van der Waals surface area contributed by atoms with Gasteiger partial charge in [0.25, 0.3) is 5.91 Å². The van der Waals surface area contributed by atoms with Crippen LogP contribution in [0.25, 0.3) is 0 Å². The molecule has 3 rings (SSSR count). The van der Waals surface area contributed by atoms with E-state index in [1.165, 1.54) is 12.0 Å². The molecule has 0 spiro atoms. The molecule has 2 atom stereocenters. The molecule has 2 aliphatic heterocycles. The normalized spacial score (nSPS) is 21.7. The Morgan fingerprint density at radius 2 is 1.97 bits per heavy atom. The average Bonchev–Trinajstić information content (AvgIpc) is 2.91. The predicted molar refractivity (Wildman–Crippen MR) is 99.9 cm³/mol. The quantitative estimate of drug-likeness (QED) is 0.582. The highest BCUT2D eigenvalue weighted by Crippen LogP contribution is 2.41. The monoisotopic (exact) mass is 404 g/mol. The number of nitrogens with one attached hydrogen (secondary N) is 1. The third kappa shape index (κ3) is 4.24. The Morgan fingerprint density at radius 3 is 2.59 bits per heavy atom. The number of piperidine rings is 1. The molecule has 3 amide bonds. The van der Waals surface area contributed by atoms with Gasteiger partial charge < -0.3 is 14.2 Å². The fourth-order valence-electron chi connectivity index (χ4n) is 3.49. The second-order valence-electron chi connectivity index (χ2n) is 7.86. The maximum atomic E-state index is 13.2. The van der Waals surface area contributed by atoms with Gasteiger partial charge in [-0.2, -0.15) is 0 Å². The van der Waals surface area contributed by atoms with Crippen LogP contribution in [-0.2, 0) is 23.9 Å². The molecular weight excluding hydrogens is 380 g/mol. The van der Waals surface area contributed by atoms with E-state index >= 15 is 0 Å². The zero-order chi connectivity index (χ0) is 21.3. The molecule has 2 heterocycles. The van der Waals surface area contributed by atoms with E-state index in [9.17, 15) is 19.2 Å². The lowest BCUT2D eigenvalue weighted by Crippen LogP contribution is -2.53. The van der Waals surface area contributed by atoms with Crippen molar-refractivity contribution in [1.29, 1.82) is 0 Å². The molecule has 1 N–H and O–H groups in total. The fourth-order valence-corrected chi connectivity index (χ4v) is 3.49. The van der Waals surface area contributed by atoms with Crippen LogP contribution in [0, 0.1) is 0 Å². The summed E-state index contributed by atoms with van der Waals surface area (Å²) in [5, 5.41) is 2.25. The van der Waals surface area contributed by atoms with E-state index < -0.39 is 35.7 Å². The summed E-state index contributed by atoms with van der Waals surface area (Å²) in [5.74, 6) is -1.73. The second kappa shape index (κ2) is 7.82. The Kier molecular flexibility index (Phi) is 5.61. The third-order valence-electron chi connectivity index (χ3n) is 4.56. The van der Waals surface area contributed by atoms with Crippen molar-refractivity contribution in [3.63, 3.8) is 0 Å². The first-order valence-electron chi connectivity index (χ1n) is 9.29. The number of ether oxygens (including phenoxy) is 3. The van der Waals surface area contributed by atoms with Gasteiger partial charge in [0, 0.05) is 19.1 Å². The van der Waals surface area contributed by atoms with Crippen LogP contribution in [0.4, 0.5) is 0 Å². The van der Waals surface area contributed by atoms with Gasteiger partial charge in [-0.05, 0) is 33.3 Å². The van der Waals surface area contributed by atoms with Crippen LogP contribution < -0.4 is 10.1 Å². The molecule has 9 nitrogen and oxygen atoms in total. The lowest BCUT2D eigenvalue weighted by atomic mass is 10.0. The molecule has 29 heavy (non-hydrogen) atoms. The first-order chi connectivity index (χ1) is 13.6. The summed E-state index contributed by atoms with van der Waals surface area (Å²) in [4.78, 5) is 50.2. The maximum Gasteiger partial charge on any atom is 0.344 e. The van der Waals surface area contributed by atoms with Gasteiger partial charge in [-0.15, -0.1) is 0 Å². The number of rotatable bonds is 5. The summed E-state index contributed by atoms with van der Waals surface area (Å²) >= 11 is 0. The molecule has 156 valence electrons. The molecule has 1 fully saturated rings. The van der Waals surface area contributed by atoms with Gasteiger partial charge in [0.2, 0.25) is 11.8 Å². The largest absolute Gasteiger partial charge is 0.481 e. The minimum atomic E-state index is -0.837. The summed E-state index contributed by atoms with van der Waals surface area (Å²) in [5.41, 5.74) is 0.107. The standard InChI is InChI=1S/C20H24N2O7/c1-20(2,3)29-15(24)10-28-13-7-5-6-11-16(13)18(26)22(19(11)27-4)12-8-9-14(23)21-17(12)25/h5-7,12,19H,8-10H2,1-4H3,(H,21,23,25). The van der Waals surface area contributed by atoms with E-state index in [1.54, 1.807) is 39.0 Å². The van der Waals surface area contributed by atoms with E-state index in [1.807, 2.05) is 0 Å². The summed E-state index contributed by atoms with van der Waals surface area (Å²) in [7, 11) is 1.43. The SMILES string of the molecule is COC1c2cccc(OCC(=O)OC(C)(C)C)c2C(=O)N1C1CCC(=O)NC1=O. The molecule has 1 aromatic rings. The molecule has 1 saturated heterocycles. The first kappa shape index (κ1) is 20.8. The van der Waals surface area contributed by atoms with Crippen molar-refractivity contribution in [2.75, 3.05) is 13.7 Å². The maximum absolute atomic E-state index is 13.2. The molecule has 0 aliphatic carbocycles. The van der Waals surface area contributed by atoms with E-state index in [0.29, 0.717) is 5.56 Å². The summed E-state index contributed by atoms with van der Waals surface area (Å²) < 4.78 is 16.3. The smallest absolute Gasteiger partial charge is 0.344 e. The van der Waals surface area contributed by atoms with Gasteiger partial charge in [0.05, 0.1) is 5.56 Å². The molecule has 0 saturated carbocycles. The van der Waals surface area contributed by atoms with Crippen LogP contribution >= 0.6 is 0 Å². The van der Waals surface area contributed by atoms with Crippen LogP contribution in [0.1, 0.15) is 55.8 Å². The number of fused-ring (bicyclic) bond motifs is 1. The Labute approximate surface area is 168 Å². The van der Waals surface area contributed by atoms with Crippen molar-refractivity contribution >= 4 is 23.7 Å². The Bertz CT molecular complexity index is 859. The van der Waals surface area contributed by atoms with Crippen molar-refractivity contribution in [2.24, 2.45) is 0 Å². The molecule has 9 heteroatoms. The van der Waals surface area contributed by atoms with Gasteiger partial charge in [0.1, 0.15) is 17.4 Å². The minimum absolute atomic E-state index is 0.134. The summed E-state index contributed by atoms with van der Waals surface area (Å²) in [6.07, 6.45) is -0.459. The van der Waals surface area contributed by atoms with Crippen LogP contribution in [-0.4, -0.2) is 54.0 Å². The number of hydrogen-bond acceptors (Lipinski definition) is 7. The molecule has 0 aromatic heterocycles. The van der Waals surface area contributed by atoms with Gasteiger partial charge in [0.15, 0.2) is 12.8 Å². The topological polar surface area (TPSA) is 111 Å². The van der Waals surface area contributed by atoms with Crippen LogP contribution in [0.3, 0.4) is 0 Å². The zero-order valence-electron chi connectivity index (χ0n) is 16.8. The third-order valence-corrected chi connectivity index (χ3v) is 4.56. The molecular formula is C20H24N2O7. The predicted octanol–water partition coefficient (Wildman–Crippen LogP) is 1.31.